The van der Waals surface area contributed by atoms with Crippen molar-refractivity contribution in [3.63, 3.8) is 0 Å². The number of amides is 1. The van der Waals surface area contributed by atoms with E-state index in [9.17, 15) is 13.2 Å². The lowest BCUT2D eigenvalue weighted by Gasteiger charge is -2.10. The van der Waals surface area contributed by atoms with Crippen LogP contribution in [0.2, 0.25) is 0 Å². The molecule has 4 N–H and O–H groups in total. The highest BCUT2D eigenvalue weighted by Gasteiger charge is 2.17. The minimum absolute atomic E-state index is 0.0736. The molecule has 0 fully saturated rings. The first-order valence-electron chi connectivity index (χ1n) is 6.96. The highest BCUT2D eigenvalue weighted by atomic mass is 32.2. The van der Waals surface area contributed by atoms with Crippen LogP contribution in [0.15, 0.2) is 23.1 Å². The summed E-state index contributed by atoms with van der Waals surface area (Å²) in [6, 6.07) is 5.09. The summed E-state index contributed by atoms with van der Waals surface area (Å²) in [7, 11) is -3.63. The van der Waals surface area contributed by atoms with Crippen LogP contribution in [-0.2, 0) is 21.4 Å². The Bertz CT molecular complexity index is 585. The van der Waals surface area contributed by atoms with Crippen molar-refractivity contribution < 1.29 is 13.2 Å². The number of carbonyl (C=O) groups is 1. The number of nitrogens with one attached hydrogen (secondary N) is 2. The quantitative estimate of drug-likeness (QED) is 0.656. The Labute approximate surface area is 126 Å². The average Bonchev–Trinajstić information content (AvgIpc) is 2.45. The van der Waals surface area contributed by atoms with E-state index >= 15 is 0 Å². The molecule has 118 valence electrons. The zero-order valence-electron chi connectivity index (χ0n) is 12.5. The number of hydrogen-bond donors (Lipinski definition) is 3. The maximum atomic E-state index is 12.2. The Hall–Kier alpha value is -1.44. The summed E-state index contributed by atoms with van der Waals surface area (Å²) in [4.78, 5) is 11.6. The van der Waals surface area contributed by atoms with Crippen molar-refractivity contribution in [3.8, 4) is 0 Å². The number of carbonyl (C=O) groups excluding carboxylic acids is 1. The van der Waals surface area contributed by atoms with Gasteiger partial charge in [-0.2, -0.15) is 0 Å². The van der Waals surface area contributed by atoms with Gasteiger partial charge < -0.3 is 11.1 Å². The fourth-order valence-corrected chi connectivity index (χ4v) is 3.12. The van der Waals surface area contributed by atoms with Gasteiger partial charge in [-0.3, -0.25) is 4.79 Å². The van der Waals surface area contributed by atoms with Gasteiger partial charge in [-0.1, -0.05) is 19.1 Å². The Balaban J connectivity index is 2.67. The van der Waals surface area contributed by atoms with Crippen LogP contribution in [0, 0.1) is 6.92 Å². The first kappa shape index (κ1) is 17.6. The summed E-state index contributed by atoms with van der Waals surface area (Å²) in [5.74, 6) is -0.160. The molecule has 7 heteroatoms. The Kier molecular flexibility index (Phi) is 6.80. The zero-order valence-corrected chi connectivity index (χ0v) is 13.3. The van der Waals surface area contributed by atoms with E-state index in [1.54, 1.807) is 25.1 Å². The fourth-order valence-electron chi connectivity index (χ4n) is 1.79. The highest BCUT2D eigenvalue weighted by molar-refractivity contribution is 7.89. The van der Waals surface area contributed by atoms with Crippen LogP contribution in [0.1, 0.15) is 30.9 Å². The summed E-state index contributed by atoms with van der Waals surface area (Å²) in [5.41, 5.74) is 6.93. The lowest BCUT2D eigenvalue weighted by Crippen LogP contribution is -2.31. The van der Waals surface area contributed by atoms with Crippen molar-refractivity contribution in [2.24, 2.45) is 5.73 Å². The smallest absolute Gasteiger partial charge is 0.240 e. The van der Waals surface area contributed by atoms with Crippen molar-refractivity contribution in [2.75, 3.05) is 13.1 Å². The van der Waals surface area contributed by atoms with Gasteiger partial charge in [0.1, 0.15) is 0 Å². The molecule has 0 unspecified atom stereocenters. The molecule has 0 spiro atoms. The van der Waals surface area contributed by atoms with Crippen LogP contribution in [0.5, 0.6) is 0 Å². The molecule has 0 aliphatic carbocycles. The van der Waals surface area contributed by atoms with Crippen LogP contribution in [0.4, 0.5) is 0 Å². The van der Waals surface area contributed by atoms with Gasteiger partial charge in [-0.15, -0.1) is 0 Å². The molecule has 1 rings (SSSR count). The Morgan fingerprint density at radius 1 is 1.29 bits per heavy atom. The third kappa shape index (κ3) is 5.45. The molecule has 0 aliphatic rings. The minimum atomic E-state index is -3.63. The largest absolute Gasteiger partial charge is 0.356 e. The van der Waals surface area contributed by atoms with Crippen LogP contribution >= 0.6 is 0 Å². The molecule has 0 bridgehead atoms. The molecule has 6 nitrogen and oxygen atoms in total. The summed E-state index contributed by atoms with van der Waals surface area (Å²) in [5, 5.41) is 2.70. The predicted octanol–water partition coefficient (Wildman–Crippen LogP) is 0.648. The fraction of sp³-hybridized carbons (Fsp3) is 0.500. The SMILES string of the molecule is CCCNC(=O)CCNS(=O)(=O)c1cc(CN)ccc1C. The molecular weight excluding hydrogens is 290 g/mol. The molecule has 0 saturated carbocycles. The van der Waals surface area contributed by atoms with E-state index in [2.05, 4.69) is 10.0 Å². The summed E-state index contributed by atoms with van der Waals surface area (Å²) in [6.45, 7) is 4.63. The van der Waals surface area contributed by atoms with Gasteiger partial charge in [0, 0.05) is 26.1 Å². The number of nitrogens with two attached hydrogens (primary N) is 1. The third-order valence-electron chi connectivity index (χ3n) is 2.99. The monoisotopic (exact) mass is 313 g/mol. The van der Waals surface area contributed by atoms with E-state index in [0.29, 0.717) is 12.1 Å². The number of sulfonamides is 1. The van der Waals surface area contributed by atoms with E-state index in [-0.39, 0.29) is 30.3 Å². The second kappa shape index (κ2) is 8.11. The molecule has 1 aromatic carbocycles. The van der Waals surface area contributed by atoms with Crippen LogP contribution in [-0.4, -0.2) is 27.4 Å². The molecule has 21 heavy (non-hydrogen) atoms. The van der Waals surface area contributed by atoms with Gasteiger partial charge in [0.05, 0.1) is 4.90 Å². The minimum Gasteiger partial charge on any atom is -0.356 e. The first-order valence-corrected chi connectivity index (χ1v) is 8.45. The first-order chi connectivity index (χ1) is 9.90. The van der Waals surface area contributed by atoms with Crippen LogP contribution < -0.4 is 15.8 Å². The second-order valence-electron chi connectivity index (χ2n) is 4.80. The zero-order chi connectivity index (χ0) is 15.9. The van der Waals surface area contributed by atoms with E-state index in [0.717, 1.165) is 12.0 Å². The summed E-state index contributed by atoms with van der Waals surface area (Å²) < 4.78 is 26.9. The van der Waals surface area contributed by atoms with Crippen LogP contribution in [0.3, 0.4) is 0 Å². The van der Waals surface area contributed by atoms with Gasteiger partial charge in [-0.05, 0) is 30.5 Å². The maximum Gasteiger partial charge on any atom is 0.240 e. The molecule has 0 atom stereocenters. The van der Waals surface area contributed by atoms with Crippen molar-refractivity contribution in [1.82, 2.24) is 10.0 Å². The predicted molar refractivity (Wildman–Crippen MR) is 82.2 cm³/mol. The highest BCUT2D eigenvalue weighted by Crippen LogP contribution is 2.16. The molecule has 0 aromatic heterocycles. The lowest BCUT2D eigenvalue weighted by molar-refractivity contribution is -0.120. The van der Waals surface area contributed by atoms with Crippen molar-refractivity contribution >= 4 is 15.9 Å². The second-order valence-corrected chi connectivity index (χ2v) is 6.54. The maximum absolute atomic E-state index is 12.2. The van der Waals surface area contributed by atoms with Gasteiger partial charge in [-0.25, -0.2) is 13.1 Å². The average molecular weight is 313 g/mol. The van der Waals surface area contributed by atoms with Gasteiger partial charge in [0.25, 0.3) is 0 Å². The normalized spacial score (nSPS) is 11.4. The van der Waals surface area contributed by atoms with Gasteiger partial charge in [0.2, 0.25) is 15.9 Å². The topological polar surface area (TPSA) is 101 Å². The van der Waals surface area contributed by atoms with Crippen LogP contribution in [0.25, 0.3) is 0 Å². The molecule has 0 radical (unpaired) electrons. The van der Waals surface area contributed by atoms with Gasteiger partial charge >= 0.3 is 0 Å². The van der Waals surface area contributed by atoms with E-state index in [4.69, 9.17) is 5.73 Å². The van der Waals surface area contributed by atoms with E-state index < -0.39 is 10.0 Å². The van der Waals surface area contributed by atoms with E-state index in [1.807, 2.05) is 6.92 Å². The van der Waals surface area contributed by atoms with Crippen molar-refractivity contribution in [3.05, 3.63) is 29.3 Å². The molecule has 0 saturated heterocycles. The number of benzene rings is 1. The lowest BCUT2D eigenvalue weighted by atomic mass is 10.1. The van der Waals surface area contributed by atoms with Gasteiger partial charge in [0.15, 0.2) is 0 Å². The standard InChI is InChI=1S/C14H23N3O3S/c1-3-7-16-14(18)6-8-17-21(19,20)13-9-12(10-15)5-4-11(13)2/h4-5,9,17H,3,6-8,10,15H2,1-2H3,(H,16,18). The summed E-state index contributed by atoms with van der Waals surface area (Å²) in [6.07, 6.45) is 0.970. The molecule has 0 aliphatic heterocycles. The third-order valence-corrected chi connectivity index (χ3v) is 4.60. The number of aryl methyl sites for hydroxylation is 1. The Morgan fingerprint density at radius 3 is 2.62 bits per heavy atom. The van der Waals surface area contributed by atoms with Crippen molar-refractivity contribution in [1.29, 1.82) is 0 Å². The molecule has 0 heterocycles. The molecule has 1 aromatic rings. The molecule has 1 amide bonds. The van der Waals surface area contributed by atoms with Crippen molar-refractivity contribution in [2.45, 2.75) is 38.1 Å². The van der Waals surface area contributed by atoms with E-state index in [1.165, 1.54) is 0 Å². The number of hydrogen-bond acceptors (Lipinski definition) is 4. The number of rotatable bonds is 8. The Morgan fingerprint density at radius 2 is 2.00 bits per heavy atom. The molecular formula is C14H23N3O3S. The summed E-state index contributed by atoms with van der Waals surface area (Å²) >= 11 is 0.